The molecule has 0 N–H and O–H groups in total. The Bertz CT molecular complexity index is 1100. The summed E-state index contributed by atoms with van der Waals surface area (Å²) in [6.45, 7) is 6.12. The van der Waals surface area contributed by atoms with Gasteiger partial charge in [-0.3, -0.25) is 9.69 Å². The lowest BCUT2D eigenvalue weighted by molar-refractivity contribution is -0.138. The molecule has 4 heterocycles. The Morgan fingerprint density at radius 3 is 2.34 bits per heavy atom. The highest BCUT2D eigenvalue weighted by atomic mass is 19.4. The highest BCUT2D eigenvalue weighted by Gasteiger charge is 2.43. The van der Waals surface area contributed by atoms with Crippen LogP contribution >= 0.6 is 0 Å². The lowest BCUT2D eigenvalue weighted by atomic mass is 10.0. The number of benzene rings is 1. The first-order valence-corrected chi connectivity index (χ1v) is 11.8. The Kier molecular flexibility index (Phi) is 6.30. The average molecular weight is 492 g/mol. The summed E-state index contributed by atoms with van der Waals surface area (Å²) in [7, 11) is 0. The van der Waals surface area contributed by atoms with Crippen LogP contribution in [0.4, 0.5) is 23.7 Å². The van der Waals surface area contributed by atoms with Crippen molar-refractivity contribution in [3.8, 4) is 0 Å². The van der Waals surface area contributed by atoms with Crippen molar-refractivity contribution in [2.45, 2.75) is 19.6 Å². The first-order chi connectivity index (χ1) is 16.7. The van der Waals surface area contributed by atoms with Gasteiger partial charge in [0.2, 0.25) is 0 Å². The molecule has 1 aromatic heterocycles. The van der Waals surface area contributed by atoms with Crippen LogP contribution in [0.1, 0.15) is 28.5 Å². The van der Waals surface area contributed by atoms with E-state index in [4.69, 9.17) is 4.74 Å². The van der Waals surface area contributed by atoms with Gasteiger partial charge in [-0.25, -0.2) is 4.79 Å². The Labute approximate surface area is 201 Å². The second-order valence-corrected chi connectivity index (χ2v) is 9.54. The number of fused-ring (bicyclic) bond motifs is 1. The summed E-state index contributed by atoms with van der Waals surface area (Å²) in [4.78, 5) is 29.9. The molecule has 2 unspecified atom stereocenters. The number of Topliss-reactive ketones (excluding diaryl/α,β-unsaturated/α-hetero) is 1. The number of hydrogen-bond acceptors (Lipinski definition) is 6. The van der Waals surface area contributed by atoms with E-state index in [0.29, 0.717) is 58.2 Å². The minimum Gasteiger partial charge on any atom is -0.378 e. The second-order valence-electron chi connectivity index (χ2n) is 9.54. The van der Waals surface area contributed by atoms with Crippen molar-refractivity contribution in [2.75, 3.05) is 57.4 Å². The molecule has 0 bridgehead atoms. The minimum absolute atomic E-state index is 0.198. The van der Waals surface area contributed by atoms with E-state index in [1.54, 1.807) is 17.0 Å². The molecule has 3 fully saturated rings. The maximum absolute atomic E-state index is 13.9. The topological polar surface area (TPSA) is 70.9 Å². The van der Waals surface area contributed by atoms with Crippen molar-refractivity contribution in [1.82, 2.24) is 19.6 Å². The number of anilines is 1. The molecule has 2 atom stereocenters. The number of morpholine rings is 1. The summed E-state index contributed by atoms with van der Waals surface area (Å²) in [6.07, 6.45) is -2.95. The van der Waals surface area contributed by atoms with Gasteiger partial charge in [0.05, 0.1) is 18.8 Å². The van der Waals surface area contributed by atoms with Crippen LogP contribution in [-0.4, -0.2) is 83.9 Å². The molecule has 0 aliphatic carbocycles. The standard InChI is InChI=1S/C24H28F3N5O3/c1-16(33)22-4-5-32(28-22)23(34)31-14-18-12-29(13-19(18)15-31)11-17-2-3-20(10-21(17)24(25,26)27)30-6-8-35-9-7-30/h2-5,10,18-19H,6-9,11-15H2,1H3. The van der Waals surface area contributed by atoms with Crippen molar-refractivity contribution in [3.05, 3.63) is 47.3 Å². The molecule has 3 aliphatic heterocycles. The van der Waals surface area contributed by atoms with E-state index in [0.717, 1.165) is 0 Å². The number of likely N-dealkylation sites (tertiary alicyclic amines) is 2. The first-order valence-electron chi connectivity index (χ1n) is 11.8. The van der Waals surface area contributed by atoms with Crippen LogP contribution < -0.4 is 4.90 Å². The number of amides is 1. The van der Waals surface area contributed by atoms with Gasteiger partial charge >= 0.3 is 12.2 Å². The summed E-state index contributed by atoms with van der Waals surface area (Å²) in [5.41, 5.74) is 0.499. The zero-order chi connectivity index (χ0) is 24.7. The van der Waals surface area contributed by atoms with Crippen molar-refractivity contribution in [1.29, 1.82) is 0 Å². The van der Waals surface area contributed by atoms with E-state index in [1.807, 2.05) is 4.90 Å². The predicted octanol–water partition coefficient (Wildman–Crippen LogP) is 2.97. The van der Waals surface area contributed by atoms with Gasteiger partial charge in [-0.05, 0) is 35.6 Å². The summed E-state index contributed by atoms with van der Waals surface area (Å²) in [5.74, 6) is 0.189. The summed E-state index contributed by atoms with van der Waals surface area (Å²) in [5, 5.41) is 4.04. The zero-order valence-corrected chi connectivity index (χ0v) is 19.5. The van der Waals surface area contributed by atoms with Gasteiger partial charge in [-0.2, -0.15) is 23.0 Å². The normalized spacial score (nSPS) is 23.1. The highest BCUT2D eigenvalue weighted by Crippen LogP contribution is 2.37. The van der Waals surface area contributed by atoms with E-state index in [-0.39, 0.29) is 41.5 Å². The molecule has 0 spiro atoms. The molecular formula is C24H28F3N5O3. The van der Waals surface area contributed by atoms with Crippen LogP contribution in [0.25, 0.3) is 0 Å². The average Bonchev–Trinajstić information content (AvgIpc) is 3.54. The highest BCUT2D eigenvalue weighted by molar-refractivity contribution is 5.92. The molecule has 3 aliphatic rings. The Morgan fingerprint density at radius 1 is 1.06 bits per heavy atom. The van der Waals surface area contributed by atoms with Crippen LogP contribution in [0, 0.1) is 11.8 Å². The molecule has 0 radical (unpaired) electrons. The number of ether oxygens (including phenoxy) is 1. The fourth-order valence-corrected chi connectivity index (χ4v) is 5.36. The fraction of sp³-hybridized carbons (Fsp3) is 0.542. The van der Waals surface area contributed by atoms with Crippen molar-refractivity contribution >= 4 is 17.5 Å². The third-order valence-electron chi connectivity index (χ3n) is 7.15. The number of ketones is 1. The number of nitrogens with zero attached hydrogens (tertiary/aromatic N) is 5. The van der Waals surface area contributed by atoms with E-state index >= 15 is 0 Å². The van der Waals surface area contributed by atoms with Gasteiger partial charge in [0.15, 0.2) is 5.78 Å². The molecule has 188 valence electrons. The Balaban J connectivity index is 1.23. The molecule has 1 amide bonds. The molecule has 3 saturated heterocycles. The molecule has 2 aromatic rings. The Hall–Kier alpha value is -2.92. The molecular weight excluding hydrogens is 463 g/mol. The van der Waals surface area contributed by atoms with Gasteiger partial charge in [-0.15, -0.1) is 0 Å². The smallest absolute Gasteiger partial charge is 0.378 e. The van der Waals surface area contributed by atoms with Gasteiger partial charge in [0.1, 0.15) is 5.69 Å². The maximum atomic E-state index is 13.9. The molecule has 35 heavy (non-hydrogen) atoms. The number of alkyl halides is 3. The number of carbonyl (C=O) groups is 2. The quantitative estimate of drug-likeness (QED) is 0.613. The molecule has 5 rings (SSSR count). The SMILES string of the molecule is CC(=O)c1ccn(C(=O)N2CC3CN(Cc4ccc(N5CCOCC5)cc4C(F)(F)F)CC3C2)n1. The predicted molar refractivity (Wildman–Crippen MR) is 121 cm³/mol. The van der Waals surface area contributed by atoms with Gasteiger partial charge in [-0.1, -0.05) is 6.07 Å². The maximum Gasteiger partial charge on any atom is 0.416 e. The summed E-state index contributed by atoms with van der Waals surface area (Å²) in [6, 6.07) is 5.87. The largest absolute Gasteiger partial charge is 0.416 e. The van der Waals surface area contributed by atoms with E-state index < -0.39 is 11.7 Å². The summed E-state index contributed by atoms with van der Waals surface area (Å²) < 4.78 is 48.2. The fourth-order valence-electron chi connectivity index (χ4n) is 5.36. The number of halogens is 3. The van der Waals surface area contributed by atoms with Crippen molar-refractivity contribution < 1.29 is 27.5 Å². The van der Waals surface area contributed by atoms with Gasteiger partial charge in [0, 0.05) is 64.6 Å². The van der Waals surface area contributed by atoms with Crippen LogP contribution in [0.5, 0.6) is 0 Å². The second kappa shape index (κ2) is 9.27. The van der Waals surface area contributed by atoms with E-state index in [1.165, 1.54) is 29.9 Å². The summed E-state index contributed by atoms with van der Waals surface area (Å²) >= 11 is 0. The van der Waals surface area contributed by atoms with E-state index in [2.05, 4.69) is 10.00 Å². The molecule has 0 saturated carbocycles. The number of aromatic nitrogens is 2. The third kappa shape index (κ3) is 4.92. The Morgan fingerprint density at radius 2 is 1.74 bits per heavy atom. The van der Waals surface area contributed by atoms with Crippen LogP contribution in [0.2, 0.25) is 0 Å². The number of carbonyl (C=O) groups excluding carboxylic acids is 2. The van der Waals surface area contributed by atoms with Crippen LogP contribution in [0.15, 0.2) is 30.5 Å². The lowest BCUT2D eigenvalue weighted by Gasteiger charge is -2.30. The monoisotopic (exact) mass is 491 g/mol. The van der Waals surface area contributed by atoms with Crippen molar-refractivity contribution in [3.63, 3.8) is 0 Å². The zero-order valence-electron chi connectivity index (χ0n) is 19.5. The first kappa shape index (κ1) is 23.8. The van der Waals surface area contributed by atoms with Gasteiger partial charge < -0.3 is 14.5 Å². The van der Waals surface area contributed by atoms with Crippen LogP contribution in [0.3, 0.4) is 0 Å². The third-order valence-corrected chi connectivity index (χ3v) is 7.15. The number of rotatable bonds is 4. The minimum atomic E-state index is -4.43. The molecule has 8 nitrogen and oxygen atoms in total. The van der Waals surface area contributed by atoms with E-state index in [9.17, 15) is 22.8 Å². The van der Waals surface area contributed by atoms with Crippen molar-refractivity contribution in [2.24, 2.45) is 11.8 Å². The van der Waals surface area contributed by atoms with Crippen LogP contribution in [-0.2, 0) is 17.5 Å². The molecule has 11 heteroatoms. The lowest BCUT2D eigenvalue weighted by Crippen LogP contribution is -2.36. The molecule has 1 aromatic carbocycles. The number of hydrogen-bond donors (Lipinski definition) is 0. The van der Waals surface area contributed by atoms with Gasteiger partial charge in [0.25, 0.3) is 0 Å².